The summed E-state index contributed by atoms with van der Waals surface area (Å²) in [6.07, 6.45) is 1.44. The fraction of sp³-hybridized carbons (Fsp3) is 0.154. The summed E-state index contributed by atoms with van der Waals surface area (Å²) in [6.45, 7) is 0.632. The molecule has 0 unspecified atom stereocenters. The Hall–Kier alpha value is -2.10. The lowest BCUT2D eigenvalue weighted by molar-refractivity contribution is 0.414. The van der Waals surface area contributed by atoms with Crippen LogP contribution in [-0.4, -0.2) is 12.1 Å². The molecule has 0 bridgehead atoms. The molecule has 1 aromatic heterocycles. The summed E-state index contributed by atoms with van der Waals surface area (Å²) in [5.74, 6) is 0.341. The van der Waals surface area contributed by atoms with Crippen LogP contribution in [0.1, 0.15) is 5.56 Å². The highest BCUT2D eigenvalue weighted by Crippen LogP contribution is 2.13. The summed E-state index contributed by atoms with van der Waals surface area (Å²) < 4.78 is 17.9. The minimum atomic E-state index is -0.482. The fourth-order valence-corrected chi connectivity index (χ4v) is 1.46. The van der Waals surface area contributed by atoms with Gasteiger partial charge in [0.25, 0.3) is 0 Å². The number of rotatable bonds is 4. The van der Waals surface area contributed by atoms with E-state index < -0.39 is 5.95 Å². The third-order valence-corrected chi connectivity index (χ3v) is 2.38. The van der Waals surface area contributed by atoms with Crippen LogP contribution < -0.4 is 10.1 Å². The third-order valence-electron chi connectivity index (χ3n) is 2.38. The Morgan fingerprint density at radius 1 is 1.24 bits per heavy atom. The summed E-state index contributed by atoms with van der Waals surface area (Å²) in [6, 6.07) is 10.8. The van der Waals surface area contributed by atoms with Crippen molar-refractivity contribution in [1.82, 2.24) is 4.98 Å². The second-order valence-corrected chi connectivity index (χ2v) is 3.57. The van der Waals surface area contributed by atoms with Gasteiger partial charge in [-0.15, -0.1) is 0 Å². The molecule has 0 aliphatic carbocycles. The second-order valence-electron chi connectivity index (χ2n) is 3.57. The molecule has 2 aromatic rings. The predicted molar refractivity (Wildman–Crippen MR) is 64.5 cm³/mol. The number of pyridine rings is 1. The highest BCUT2D eigenvalue weighted by molar-refractivity contribution is 5.42. The molecule has 0 spiro atoms. The summed E-state index contributed by atoms with van der Waals surface area (Å²) >= 11 is 0. The number of methoxy groups -OCH3 is 1. The number of ether oxygens (including phenoxy) is 1. The van der Waals surface area contributed by atoms with Crippen LogP contribution in [0.15, 0.2) is 42.6 Å². The molecule has 0 aliphatic heterocycles. The molecule has 1 aromatic carbocycles. The maximum absolute atomic E-state index is 12.8. The van der Waals surface area contributed by atoms with Gasteiger partial charge in [0.1, 0.15) is 5.75 Å². The molecule has 17 heavy (non-hydrogen) atoms. The molecule has 3 nitrogen and oxygen atoms in total. The van der Waals surface area contributed by atoms with E-state index in [1.165, 1.54) is 12.3 Å². The zero-order valence-electron chi connectivity index (χ0n) is 9.48. The molecule has 0 aliphatic rings. The Morgan fingerprint density at radius 3 is 2.65 bits per heavy atom. The smallest absolute Gasteiger partial charge is 0.214 e. The minimum Gasteiger partial charge on any atom is -0.497 e. The number of hydrogen-bond acceptors (Lipinski definition) is 3. The third kappa shape index (κ3) is 3.17. The van der Waals surface area contributed by atoms with Gasteiger partial charge in [-0.05, 0) is 23.8 Å². The lowest BCUT2D eigenvalue weighted by Crippen LogP contribution is -2.00. The van der Waals surface area contributed by atoms with Crippen LogP contribution in [0.2, 0.25) is 0 Å². The van der Waals surface area contributed by atoms with Gasteiger partial charge in [-0.3, -0.25) is 0 Å². The van der Waals surface area contributed by atoms with Gasteiger partial charge in [-0.25, -0.2) is 4.98 Å². The summed E-state index contributed by atoms with van der Waals surface area (Å²) in [4.78, 5) is 3.49. The quantitative estimate of drug-likeness (QED) is 0.823. The van der Waals surface area contributed by atoms with Gasteiger partial charge in [0, 0.05) is 24.5 Å². The molecule has 4 heteroatoms. The zero-order valence-corrected chi connectivity index (χ0v) is 9.48. The van der Waals surface area contributed by atoms with Crippen molar-refractivity contribution in [3.8, 4) is 5.75 Å². The van der Waals surface area contributed by atoms with Gasteiger partial charge in [-0.1, -0.05) is 12.1 Å². The van der Waals surface area contributed by atoms with Crippen molar-refractivity contribution in [1.29, 1.82) is 0 Å². The average molecular weight is 232 g/mol. The van der Waals surface area contributed by atoms with Gasteiger partial charge >= 0.3 is 0 Å². The van der Waals surface area contributed by atoms with Gasteiger partial charge in [0.2, 0.25) is 5.95 Å². The van der Waals surface area contributed by atoms with Crippen molar-refractivity contribution in [2.45, 2.75) is 6.54 Å². The largest absolute Gasteiger partial charge is 0.497 e. The van der Waals surface area contributed by atoms with Crippen molar-refractivity contribution in [2.75, 3.05) is 12.4 Å². The zero-order chi connectivity index (χ0) is 12.1. The molecular weight excluding hydrogens is 219 g/mol. The van der Waals surface area contributed by atoms with Crippen LogP contribution >= 0.6 is 0 Å². The van der Waals surface area contributed by atoms with E-state index in [-0.39, 0.29) is 0 Å². The number of halogens is 1. The standard InChI is InChI=1S/C13H13FN2O/c1-17-12-4-2-10(3-5-12)9-16-11-6-7-15-13(14)8-11/h2-8H,9H2,1H3,(H,15,16). The van der Waals surface area contributed by atoms with Crippen molar-refractivity contribution in [2.24, 2.45) is 0 Å². The molecule has 0 radical (unpaired) electrons. The Kier molecular flexibility index (Phi) is 3.55. The van der Waals surface area contributed by atoms with Crippen LogP contribution in [0, 0.1) is 5.95 Å². The number of aromatic nitrogens is 1. The van der Waals surface area contributed by atoms with Crippen molar-refractivity contribution in [3.05, 3.63) is 54.1 Å². The normalized spacial score (nSPS) is 10.0. The molecule has 0 atom stereocenters. The van der Waals surface area contributed by atoms with E-state index in [9.17, 15) is 4.39 Å². The number of hydrogen-bond donors (Lipinski definition) is 1. The molecule has 2 rings (SSSR count). The van der Waals surface area contributed by atoms with E-state index in [0.29, 0.717) is 12.2 Å². The number of benzene rings is 1. The molecule has 1 N–H and O–H groups in total. The number of nitrogens with zero attached hydrogens (tertiary/aromatic N) is 1. The van der Waals surface area contributed by atoms with E-state index in [1.807, 2.05) is 24.3 Å². The number of anilines is 1. The first-order chi connectivity index (χ1) is 8.28. The maximum atomic E-state index is 12.8. The first-order valence-electron chi connectivity index (χ1n) is 5.26. The first-order valence-corrected chi connectivity index (χ1v) is 5.26. The van der Waals surface area contributed by atoms with Gasteiger partial charge in [0.05, 0.1) is 7.11 Å². The molecule has 0 saturated heterocycles. The highest BCUT2D eigenvalue weighted by Gasteiger charge is 1.97. The van der Waals surface area contributed by atoms with E-state index in [4.69, 9.17) is 4.74 Å². The second kappa shape index (κ2) is 5.30. The molecule has 0 saturated carbocycles. The van der Waals surface area contributed by atoms with Crippen LogP contribution in [-0.2, 0) is 6.54 Å². The monoisotopic (exact) mass is 232 g/mol. The Bertz CT molecular complexity index is 485. The van der Waals surface area contributed by atoms with E-state index in [1.54, 1.807) is 13.2 Å². The van der Waals surface area contributed by atoms with Gasteiger partial charge < -0.3 is 10.1 Å². The van der Waals surface area contributed by atoms with Crippen molar-refractivity contribution < 1.29 is 9.13 Å². The molecule has 0 amide bonds. The van der Waals surface area contributed by atoms with Gasteiger partial charge in [0.15, 0.2) is 0 Å². The van der Waals surface area contributed by atoms with E-state index in [0.717, 1.165) is 11.3 Å². The van der Waals surface area contributed by atoms with Gasteiger partial charge in [-0.2, -0.15) is 4.39 Å². The average Bonchev–Trinajstić information content (AvgIpc) is 2.37. The van der Waals surface area contributed by atoms with Crippen LogP contribution in [0.5, 0.6) is 5.75 Å². The SMILES string of the molecule is COc1ccc(CNc2ccnc(F)c2)cc1. The Balaban J connectivity index is 1.97. The van der Waals surface area contributed by atoms with E-state index >= 15 is 0 Å². The topological polar surface area (TPSA) is 34.1 Å². The van der Waals surface area contributed by atoms with Crippen LogP contribution in [0.4, 0.5) is 10.1 Å². The maximum Gasteiger partial charge on any atom is 0.214 e. The first kappa shape index (κ1) is 11.4. The lowest BCUT2D eigenvalue weighted by atomic mass is 10.2. The van der Waals surface area contributed by atoms with Crippen LogP contribution in [0.3, 0.4) is 0 Å². The minimum absolute atomic E-state index is 0.482. The summed E-state index contributed by atoms with van der Waals surface area (Å²) in [5.41, 5.74) is 1.82. The highest BCUT2D eigenvalue weighted by atomic mass is 19.1. The number of nitrogens with one attached hydrogen (secondary N) is 1. The molecule has 1 heterocycles. The van der Waals surface area contributed by atoms with Crippen molar-refractivity contribution >= 4 is 5.69 Å². The van der Waals surface area contributed by atoms with E-state index in [2.05, 4.69) is 10.3 Å². The molecule has 0 fully saturated rings. The van der Waals surface area contributed by atoms with Crippen molar-refractivity contribution in [3.63, 3.8) is 0 Å². The summed E-state index contributed by atoms with van der Waals surface area (Å²) in [7, 11) is 1.63. The Labute approximate surface area is 99.3 Å². The molecular formula is C13H13FN2O. The predicted octanol–water partition coefficient (Wildman–Crippen LogP) is 2.84. The molecule has 88 valence electrons. The fourth-order valence-electron chi connectivity index (χ4n) is 1.46. The van der Waals surface area contributed by atoms with Crippen LogP contribution in [0.25, 0.3) is 0 Å². The summed E-state index contributed by atoms with van der Waals surface area (Å²) in [5, 5.41) is 3.12. The Morgan fingerprint density at radius 2 is 2.00 bits per heavy atom. The lowest BCUT2D eigenvalue weighted by Gasteiger charge is -2.07.